The molecule has 2 aliphatic rings. The second kappa shape index (κ2) is 20.1. The van der Waals surface area contributed by atoms with Gasteiger partial charge < -0.3 is 14.7 Å². The first-order chi connectivity index (χ1) is 38.5. The van der Waals surface area contributed by atoms with Gasteiger partial charge in [0.1, 0.15) is 0 Å². The van der Waals surface area contributed by atoms with Crippen molar-refractivity contribution in [2.75, 3.05) is 21.7 Å². The summed E-state index contributed by atoms with van der Waals surface area (Å²) in [5, 5.41) is 0. The first kappa shape index (κ1) is 56.3. The maximum atomic E-state index is 2.58. The van der Waals surface area contributed by atoms with Crippen molar-refractivity contribution in [2.45, 2.75) is 150 Å². The molecule has 4 heteroatoms. The summed E-state index contributed by atoms with van der Waals surface area (Å²) in [4.78, 5) is 7.50. The SMILES string of the molecule is CN(c1ccc2c(c1)C(C)(C)c1ccccc1-2)c1cc(C(C)(C)C)cc2c1B(c1ccc(N(c3ccc(C(C)(C)C)cc3)c3ccc(C(C)(C)C)cc3)cc1)c1cc(C(C)(C)C)ccc1N2c1ccc(-c2ccc(C(C)(C)C)cc2)cc1. The summed E-state index contributed by atoms with van der Waals surface area (Å²) < 4.78 is 0. The van der Waals surface area contributed by atoms with Gasteiger partial charge in [-0.05, 0) is 178 Å². The maximum Gasteiger partial charge on any atom is 0.249 e. The minimum Gasteiger partial charge on any atom is -0.345 e. The average Bonchev–Trinajstić information content (AvgIpc) is 3.87. The first-order valence-corrected chi connectivity index (χ1v) is 29.9. The highest BCUT2D eigenvalue weighted by atomic mass is 15.2. The molecule has 11 rings (SSSR count). The third-order valence-corrected chi connectivity index (χ3v) is 18.0. The van der Waals surface area contributed by atoms with Crippen molar-refractivity contribution in [3.8, 4) is 22.3 Å². The summed E-state index contributed by atoms with van der Waals surface area (Å²) in [6.07, 6.45) is 0. The van der Waals surface area contributed by atoms with Gasteiger partial charge in [-0.15, -0.1) is 0 Å². The predicted molar refractivity (Wildman–Crippen MR) is 358 cm³/mol. The van der Waals surface area contributed by atoms with Gasteiger partial charge in [-0.1, -0.05) is 238 Å². The molecule has 416 valence electrons. The average molecular weight is 1080 g/mol. The van der Waals surface area contributed by atoms with E-state index in [0.29, 0.717) is 0 Å². The zero-order valence-corrected chi connectivity index (χ0v) is 52.4. The summed E-state index contributed by atoms with van der Waals surface area (Å²) in [5.74, 6) is 0. The molecule has 82 heavy (non-hydrogen) atoms. The highest BCUT2D eigenvalue weighted by molar-refractivity contribution is 6.99. The number of anilines is 8. The van der Waals surface area contributed by atoms with E-state index >= 15 is 0 Å². The summed E-state index contributed by atoms with van der Waals surface area (Å²) in [6, 6.07) is 75.0. The van der Waals surface area contributed by atoms with Crippen LogP contribution >= 0.6 is 0 Å². The van der Waals surface area contributed by atoms with Crippen LogP contribution in [0.15, 0.2) is 194 Å². The van der Waals surface area contributed by atoms with E-state index in [1.165, 1.54) is 100 Å². The Morgan fingerprint density at radius 3 is 1.33 bits per heavy atom. The second-order valence-corrected chi connectivity index (χ2v) is 29.3. The molecule has 0 saturated heterocycles. The standard InChI is InChI=1S/C78H86BN3/c1-73(2,3)53-27-23-51(24-28-53)52-25-36-62(37-26-52)82-69-46-33-56(76(10,11)12)47-68(69)79(58-34-42-61(43-35-58)81(59-38-29-54(30-39-59)74(4,5)6)60-40-31-55(32-41-60)75(7,8)9)72-70(48-57(49-71(72)82)77(13,14)15)80(18)63-44-45-65-64-21-19-20-22-66(64)78(16,17)67(65)50-63/h19-50H,1-18H3. The minimum atomic E-state index is -0.159. The molecule has 0 spiro atoms. The Hall–Kier alpha value is -7.56. The summed E-state index contributed by atoms with van der Waals surface area (Å²) >= 11 is 0. The van der Waals surface area contributed by atoms with Crippen molar-refractivity contribution in [1.82, 2.24) is 0 Å². The van der Waals surface area contributed by atoms with Crippen molar-refractivity contribution < 1.29 is 0 Å². The number of benzene rings is 9. The van der Waals surface area contributed by atoms with E-state index in [0.717, 1.165) is 22.7 Å². The first-order valence-electron chi connectivity index (χ1n) is 29.9. The molecule has 0 N–H and O–H groups in total. The lowest BCUT2D eigenvalue weighted by atomic mass is 9.34. The van der Waals surface area contributed by atoms with Crippen molar-refractivity contribution in [2.24, 2.45) is 0 Å². The summed E-state index contributed by atoms with van der Waals surface area (Å²) in [7, 11) is 2.30. The van der Waals surface area contributed by atoms with Crippen LogP contribution in [0.5, 0.6) is 0 Å². The molecular weight excluding hydrogens is 990 g/mol. The molecule has 1 aliphatic carbocycles. The van der Waals surface area contributed by atoms with Gasteiger partial charge in [-0.2, -0.15) is 0 Å². The number of hydrogen-bond donors (Lipinski definition) is 0. The molecule has 1 aliphatic heterocycles. The van der Waals surface area contributed by atoms with Crippen molar-refractivity contribution in [1.29, 1.82) is 0 Å². The van der Waals surface area contributed by atoms with Crippen LogP contribution in [0.1, 0.15) is 157 Å². The Morgan fingerprint density at radius 2 is 0.817 bits per heavy atom. The van der Waals surface area contributed by atoms with Gasteiger partial charge in [0, 0.05) is 58.0 Å². The monoisotopic (exact) mass is 1080 g/mol. The lowest BCUT2D eigenvalue weighted by Gasteiger charge is -2.41. The van der Waals surface area contributed by atoms with E-state index in [-0.39, 0.29) is 39.2 Å². The van der Waals surface area contributed by atoms with Gasteiger partial charge in [0.15, 0.2) is 0 Å². The number of fused-ring (bicyclic) bond motifs is 5. The Morgan fingerprint density at radius 1 is 0.378 bits per heavy atom. The maximum absolute atomic E-state index is 2.58. The predicted octanol–water partition coefficient (Wildman–Crippen LogP) is 19.7. The lowest BCUT2D eigenvalue weighted by molar-refractivity contribution is 0.590. The van der Waals surface area contributed by atoms with Crippen LogP contribution in [0.2, 0.25) is 0 Å². The number of hydrogen-bond acceptors (Lipinski definition) is 3. The molecule has 1 heterocycles. The molecule has 0 radical (unpaired) electrons. The normalized spacial score (nSPS) is 14.0. The van der Waals surface area contributed by atoms with Gasteiger partial charge in [0.05, 0.1) is 0 Å². The largest absolute Gasteiger partial charge is 0.345 e. The summed E-state index contributed by atoms with van der Waals surface area (Å²) in [6.45, 7) is 39.4. The molecule has 0 amide bonds. The fraction of sp³-hybridized carbons (Fsp3) is 0.308. The van der Waals surface area contributed by atoms with Crippen LogP contribution in [-0.4, -0.2) is 13.8 Å². The fourth-order valence-electron chi connectivity index (χ4n) is 12.7. The van der Waals surface area contributed by atoms with E-state index < -0.39 is 0 Å². The Kier molecular flexibility index (Phi) is 13.8. The van der Waals surface area contributed by atoms with E-state index in [9.17, 15) is 0 Å². The quantitative estimate of drug-likeness (QED) is 0.140. The molecule has 0 fully saturated rings. The highest BCUT2D eigenvalue weighted by Gasteiger charge is 2.41. The fourth-order valence-corrected chi connectivity index (χ4v) is 12.7. The van der Waals surface area contributed by atoms with E-state index in [4.69, 9.17) is 0 Å². The molecule has 0 bridgehead atoms. The van der Waals surface area contributed by atoms with Gasteiger partial charge in [-0.3, -0.25) is 0 Å². The third-order valence-electron chi connectivity index (χ3n) is 18.0. The minimum absolute atomic E-state index is 0.0420. The lowest BCUT2D eigenvalue weighted by Crippen LogP contribution is -2.58. The molecule has 0 unspecified atom stereocenters. The van der Waals surface area contributed by atoms with Crippen molar-refractivity contribution >= 4 is 68.6 Å². The second-order valence-electron chi connectivity index (χ2n) is 29.3. The molecule has 0 atom stereocenters. The topological polar surface area (TPSA) is 9.72 Å². The molecule has 0 aromatic heterocycles. The highest BCUT2D eigenvalue weighted by Crippen LogP contribution is 2.51. The van der Waals surface area contributed by atoms with E-state index in [1.807, 2.05) is 0 Å². The van der Waals surface area contributed by atoms with Gasteiger partial charge in [0.25, 0.3) is 0 Å². The van der Waals surface area contributed by atoms with Gasteiger partial charge in [-0.25, -0.2) is 0 Å². The zero-order valence-electron chi connectivity index (χ0n) is 52.4. The van der Waals surface area contributed by atoms with Crippen LogP contribution in [0.25, 0.3) is 22.3 Å². The molecule has 9 aromatic carbocycles. The third kappa shape index (κ3) is 10.3. The molecule has 0 saturated carbocycles. The number of rotatable bonds is 8. The Balaban J connectivity index is 1.14. The van der Waals surface area contributed by atoms with Crippen molar-refractivity contribution in [3.05, 3.63) is 233 Å². The smallest absolute Gasteiger partial charge is 0.249 e. The van der Waals surface area contributed by atoms with Crippen LogP contribution in [-0.2, 0) is 32.5 Å². The van der Waals surface area contributed by atoms with Crippen LogP contribution in [0.3, 0.4) is 0 Å². The van der Waals surface area contributed by atoms with Crippen LogP contribution in [0.4, 0.5) is 45.5 Å². The van der Waals surface area contributed by atoms with Gasteiger partial charge in [0.2, 0.25) is 6.71 Å². The van der Waals surface area contributed by atoms with E-state index in [2.05, 4.69) is 334 Å². The van der Waals surface area contributed by atoms with Crippen LogP contribution < -0.4 is 31.1 Å². The Labute approximate surface area is 493 Å². The molecule has 3 nitrogen and oxygen atoms in total. The summed E-state index contributed by atoms with van der Waals surface area (Å²) in [5.41, 5.74) is 27.4. The molecule has 9 aromatic rings. The van der Waals surface area contributed by atoms with E-state index in [1.54, 1.807) is 0 Å². The number of nitrogens with zero attached hydrogens (tertiary/aromatic N) is 3. The van der Waals surface area contributed by atoms with Gasteiger partial charge >= 0.3 is 0 Å². The van der Waals surface area contributed by atoms with Crippen LogP contribution in [0, 0.1) is 0 Å². The zero-order chi connectivity index (χ0) is 58.6. The Bertz CT molecular complexity index is 3770. The van der Waals surface area contributed by atoms with Crippen molar-refractivity contribution in [3.63, 3.8) is 0 Å². The molecular formula is C78H86BN3.